The van der Waals surface area contributed by atoms with Crippen molar-refractivity contribution >= 4 is 27.0 Å². The zero-order chi connectivity index (χ0) is 15.7. The van der Waals surface area contributed by atoms with Crippen molar-refractivity contribution in [1.29, 1.82) is 0 Å². The second kappa shape index (κ2) is 5.75. The number of aromatic nitrogens is 4. The summed E-state index contributed by atoms with van der Waals surface area (Å²) in [6, 6.07) is 3.43. The fraction of sp³-hybridized carbons (Fsp3) is 0.308. The Bertz CT molecular complexity index is 900. The summed E-state index contributed by atoms with van der Waals surface area (Å²) in [5.74, 6) is 0. The van der Waals surface area contributed by atoms with E-state index in [2.05, 4.69) is 15.1 Å². The van der Waals surface area contributed by atoms with Gasteiger partial charge in [0.25, 0.3) is 10.0 Å². The summed E-state index contributed by atoms with van der Waals surface area (Å²) >= 11 is 1.52. The molecule has 0 fully saturated rings. The number of rotatable bonds is 5. The lowest BCUT2D eigenvalue weighted by Crippen LogP contribution is -2.27. The maximum Gasteiger partial charge on any atom is 0.262 e. The van der Waals surface area contributed by atoms with E-state index in [1.165, 1.54) is 32.6 Å². The van der Waals surface area contributed by atoms with E-state index in [9.17, 15) is 8.42 Å². The van der Waals surface area contributed by atoms with Crippen LogP contribution in [0, 0.1) is 0 Å². The van der Waals surface area contributed by atoms with E-state index in [0.717, 1.165) is 16.3 Å². The highest BCUT2D eigenvalue weighted by atomic mass is 32.2. The van der Waals surface area contributed by atoms with Gasteiger partial charge in [0.05, 0.1) is 11.2 Å². The average molecular weight is 337 g/mol. The molecule has 116 valence electrons. The van der Waals surface area contributed by atoms with E-state index in [4.69, 9.17) is 0 Å². The topological polar surface area (TPSA) is 80.5 Å². The third-order valence-electron chi connectivity index (χ3n) is 3.20. The lowest BCUT2D eigenvalue weighted by Gasteiger charge is -2.15. The summed E-state index contributed by atoms with van der Waals surface area (Å²) in [4.78, 5) is 9.23. The molecular formula is C13H15N5O2S2. The summed E-state index contributed by atoms with van der Waals surface area (Å²) in [6.07, 6.45) is 5.43. The van der Waals surface area contributed by atoms with Gasteiger partial charge in [0.1, 0.15) is 0 Å². The lowest BCUT2D eigenvalue weighted by atomic mass is 10.5. The van der Waals surface area contributed by atoms with Gasteiger partial charge >= 0.3 is 0 Å². The van der Waals surface area contributed by atoms with Gasteiger partial charge in [0.15, 0.2) is 10.7 Å². The highest BCUT2D eigenvalue weighted by Crippen LogP contribution is 2.20. The minimum atomic E-state index is -3.67. The highest BCUT2D eigenvalue weighted by Gasteiger charge is 2.26. The highest BCUT2D eigenvalue weighted by molar-refractivity contribution is 7.89. The Kier molecular flexibility index (Phi) is 3.94. The molecule has 0 N–H and O–H groups in total. The predicted molar refractivity (Wildman–Crippen MR) is 83.1 cm³/mol. The first-order chi connectivity index (χ1) is 10.5. The SMILES string of the molecule is CCc1ncc(CN(C)S(=O)(=O)c2cnc3cccnn23)s1. The van der Waals surface area contributed by atoms with Crippen molar-refractivity contribution in [3.8, 4) is 0 Å². The molecule has 22 heavy (non-hydrogen) atoms. The Morgan fingerprint density at radius 3 is 2.86 bits per heavy atom. The Labute approximate surface area is 132 Å². The van der Waals surface area contributed by atoms with Crippen molar-refractivity contribution in [2.24, 2.45) is 0 Å². The number of imidazole rings is 1. The summed E-state index contributed by atoms with van der Waals surface area (Å²) in [5, 5.41) is 5.11. The molecule has 0 saturated carbocycles. The zero-order valence-corrected chi connectivity index (χ0v) is 13.8. The van der Waals surface area contributed by atoms with Crippen molar-refractivity contribution in [1.82, 2.24) is 23.9 Å². The zero-order valence-electron chi connectivity index (χ0n) is 12.2. The maximum absolute atomic E-state index is 12.7. The fourth-order valence-corrected chi connectivity index (χ4v) is 4.20. The van der Waals surface area contributed by atoms with E-state index in [-0.39, 0.29) is 11.6 Å². The molecule has 0 amide bonds. The molecule has 9 heteroatoms. The van der Waals surface area contributed by atoms with Crippen LogP contribution in [-0.2, 0) is 23.0 Å². The quantitative estimate of drug-likeness (QED) is 0.706. The summed E-state index contributed by atoms with van der Waals surface area (Å²) < 4.78 is 28.0. The van der Waals surface area contributed by atoms with Crippen molar-refractivity contribution < 1.29 is 8.42 Å². The smallest absolute Gasteiger partial charge is 0.249 e. The monoisotopic (exact) mass is 337 g/mol. The first-order valence-corrected chi connectivity index (χ1v) is 8.96. The van der Waals surface area contributed by atoms with Crippen LogP contribution in [0.5, 0.6) is 0 Å². The molecule has 0 saturated heterocycles. The first kappa shape index (κ1) is 15.1. The van der Waals surface area contributed by atoms with Gasteiger partial charge in [-0.3, -0.25) is 0 Å². The molecule has 3 heterocycles. The van der Waals surface area contributed by atoms with E-state index < -0.39 is 10.0 Å². The first-order valence-electron chi connectivity index (χ1n) is 6.71. The standard InChI is InChI=1S/C13H15N5O2S2/c1-3-12-15-7-10(21-12)9-17(2)22(19,20)13-8-14-11-5-4-6-16-18(11)13/h4-8H,3,9H2,1-2H3. The number of sulfonamides is 1. The van der Waals surface area contributed by atoms with Gasteiger partial charge in [-0.15, -0.1) is 11.3 Å². The van der Waals surface area contributed by atoms with Crippen LogP contribution in [-0.4, -0.2) is 39.4 Å². The fourth-order valence-electron chi connectivity index (χ4n) is 2.03. The largest absolute Gasteiger partial charge is 0.262 e. The van der Waals surface area contributed by atoms with Gasteiger partial charge in [-0.2, -0.15) is 9.40 Å². The summed E-state index contributed by atoms with van der Waals surface area (Å²) in [5.41, 5.74) is 0.500. The number of thiazole rings is 1. The number of fused-ring (bicyclic) bond motifs is 1. The van der Waals surface area contributed by atoms with Crippen LogP contribution < -0.4 is 0 Å². The molecule has 0 aliphatic heterocycles. The molecule has 0 radical (unpaired) electrons. The molecule has 0 aromatic carbocycles. The van der Waals surface area contributed by atoms with Crippen LogP contribution in [0.1, 0.15) is 16.8 Å². The Hall–Kier alpha value is -1.84. The third-order valence-corrected chi connectivity index (χ3v) is 6.09. The van der Waals surface area contributed by atoms with Gasteiger partial charge in [0, 0.05) is 30.9 Å². The molecule has 0 spiro atoms. The van der Waals surface area contributed by atoms with Crippen LogP contribution in [0.25, 0.3) is 5.65 Å². The van der Waals surface area contributed by atoms with Gasteiger partial charge in [-0.1, -0.05) is 6.92 Å². The van der Waals surface area contributed by atoms with Crippen molar-refractivity contribution in [3.05, 3.63) is 40.6 Å². The Morgan fingerprint density at radius 2 is 2.14 bits per heavy atom. The number of aryl methyl sites for hydroxylation is 1. The molecule has 7 nitrogen and oxygen atoms in total. The number of hydrogen-bond acceptors (Lipinski definition) is 6. The molecule has 0 bridgehead atoms. The van der Waals surface area contributed by atoms with Gasteiger partial charge in [0.2, 0.25) is 0 Å². The lowest BCUT2D eigenvalue weighted by molar-refractivity contribution is 0.464. The molecule has 0 aliphatic carbocycles. The summed E-state index contributed by atoms with van der Waals surface area (Å²) in [6.45, 7) is 2.30. The van der Waals surface area contributed by atoms with Gasteiger partial charge in [-0.25, -0.2) is 22.9 Å². The Balaban J connectivity index is 1.91. The minimum absolute atomic E-state index is 0.0610. The molecule has 0 unspecified atom stereocenters. The van der Waals surface area contributed by atoms with E-state index >= 15 is 0 Å². The minimum Gasteiger partial charge on any atom is -0.249 e. The normalized spacial score (nSPS) is 12.3. The van der Waals surface area contributed by atoms with Crippen molar-refractivity contribution in [3.63, 3.8) is 0 Å². The third kappa shape index (κ3) is 2.62. The van der Waals surface area contributed by atoms with Crippen LogP contribution in [0.2, 0.25) is 0 Å². The van der Waals surface area contributed by atoms with Crippen LogP contribution in [0.15, 0.2) is 35.7 Å². The molecule has 3 aromatic heterocycles. The molecule has 0 atom stereocenters. The second-order valence-electron chi connectivity index (χ2n) is 4.73. The van der Waals surface area contributed by atoms with Crippen molar-refractivity contribution in [2.45, 2.75) is 24.9 Å². The van der Waals surface area contributed by atoms with Crippen LogP contribution in [0.4, 0.5) is 0 Å². The van der Waals surface area contributed by atoms with E-state index in [1.54, 1.807) is 25.4 Å². The summed E-state index contributed by atoms with van der Waals surface area (Å²) in [7, 11) is -2.12. The van der Waals surface area contributed by atoms with Crippen molar-refractivity contribution in [2.75, 3.05) is 7.05 Å². The predicted octanol–water partition coefficient (Wildman–Crippen LogP) is 1.57. The number of nitrogens with zero attached hydrogens (tertiary/aromatic N) is 5. The van der Waals surface area contributed by atoms with E-state index in [0.29, 0.717) is 5.65 Å². The molecular weight excluding hydrogens is 322 g/mol. The van der Waals surface area contributed by atoms with Gasteiger partial charge in [-0.05, 0) is 18.6 Å². The van der Waals surface area contributed by atoms with Crippen LogP contribution >= 0.6 is 11.3 Å². The number of hydrogen-bond donors (Lipinski definition) is 0. The van der Waals surface area contributed by atoms with Crippen LogP contribution in [0.3, 0.4) is 0 Å². The average Bonchev–Trinajstić information content (AvgIpc) is 3.13. The Morgan fingerprint density at radius 1 is 1.32 bits per heavy atom. The molecule has 0 aliphatic rings. The molecule has 3 aromatic rings. The maximum atomic E-state index is 12.7. The second-order valence-corrected chi connectivity index (χ2v) is 7.92. The van der Waals surface area contributed by atoms with E-state index in [1.807, 2.05) is 6.92 Å². The van der Waals surface area contributed by atoms with Gasteiger partial charge < -0.3 is 0 Å². The molecule has 3 rings (SSSR count).